The van der Waals surface area contributed by atoms with Crippen molar-refractivity contribution >= 4 is 22.4 Å². The number of hydrogen-bond donors (Lipinski definition) is 1. The zero-order chi connectivity index (χ0) is 9.42. The Balaban J connectivity index is 2.22. The van der Waals surface area contributed by atoms with E-state index in [2.05, 4.69) is 10.2 Å². The van der Waals surface area contributed by atoms with E-state index in [4.69, 9.17) is 0 Å². The van der Waals surface area contributed by atoms with Crippen molar-refractivity contribution in [1.82, 2.24) is 10.2 Å². The molecule has 1 aliphatic rings. The third-order valence-corrected chi connectivity index (χ3v) is 2.71. The summed E-state index contributed by atoms with van der Waals surface area (Å²) in [6.45, 7) is 2.17. The molecule has 2 rings (SSSR count). The number of rotatable bonds is 1. The maximum atomic E-state index is 11.3. The highest BCUT2D eigenvalue weighted by molar-refractivity contribution is 7.15. The van der Waals surface area contributed by atoms with Crippen LogP contribution in [0.1, 0.15) is 11.4 Å². The Morgan fingerprint density at radius 2 is 2.38 bits per heavy atom. The van der Waals surface area contributed by atoms with Crippen molar-refractivity contribution in [3.8, 4) is 0 Å². The second kappa shape index (κ2) is 3.04. The summed E-state index contributed by atoms with van der Waals surface area (Å²) in [5.41, 5.74) is 0. The first-order valence-electron chi connectivity index (χ1n) is 3.95. The highest BCUT2D eigenvalue weighted by Crippen LogP contribution is 2.24. The van der Waals surface area contributed by atoms with Crippen molar-refractivity contribution in [2.24, 2.45) is 0 Å². The van der Waals surface area contributed by atoms with Crippen molar-refractivity contribution in [1.29, 1.82) is 0 Å². The number of amides is 1. The maximum absolute atomic E-state index is 11.3. The monoisotopic (exact) mass is 199 g/mol. The molecular weight excluding hydrogens is 190 g/mol. The number of aryl methyl sites for hydroxylation is 1. The standard InChI is InChI=1S/C7H9N3O2S/c1-4-8-9-7(13-4)10-3-5(11)2-6(10)12/h5,11H,2-3H2,1H3. The molecule has 0 saturated carbocycles. The first kappa shape index (κ1) is 8.58. The SMILES string of the molecule is Cc1nnc(N2CC(O)CC2=O)s1. The molecule has 0 spiro atoms. The van der Waals surface area contributed by atoms with Crippen LogP contribution in [0.4, 0.5) is 5.13 Å². The summed E-state index contributed by atoms with van der Waals surface area (Å²) in [6, 6.07) is 0. The molecule has 0 aliphatic carbocycles. The van der Waals surface area contributed by atoms with Gasteiger partial charge in [-0.2, -0.15) is 0 Å². The van der Waals surface area contributed by atoms with E-state index in [1.165, 1.54) is 16.2 Å². The summed E-state index contributed by atoms with van der Waals surface area (Å²) in [4.78, 5) is 12.8. The van der Waals surface area contributed by atoms with E-state index >= 15 is 0 Å². The van der Waals surface area contributed by atoms with E-state index in [1.54, 1.807) is 0 Å². The second-order valence-corrected chi connectivity index (χ2v) is 4.13. The van der Waals surface area contributed by atoms with Gasteiger partial charge in [-0.15, -0.1) is 10.2 Å². The molecule has 1 fully saturated rings. The summed E-state index contributed by atoms with van der Waals surface area (Å²) < 4.78 is 0. The minimum absolute atomic E-state index is 0.0800. The quantitative estimate of drug-likeness (QED) is 0.688. The molecular formula is C7H9N3O2S. The predicted molar refractivity (Wildman–Crippen MR) is 47.6 cm³/mol. The van der Waals surface area contributed by atoms with Gasteiger partial charge in [0.1, 0.15) is 5.01 Å². The average Bonchev–Trinajstić information content (AvgIpc) is 2.58. The van der Waals surface area contributed by atoms with Crippen LogP contribution in [-0.4, -0.2) is 33.9 Å². The molecule has 2 heterocycles. The average molecular weight is 199 g/mol. The smallest absolute Gasteiger partial charge is 0.231 e. The Morgan fingerprint density at radius 1 is 1.62 bits per heavy atom. The molecule has 0 bridgehead atoms. The fourth-order valence-electron chi connectivity index (χ4n) is 1.27. The Bertz CT molecular complexity index is 338. The van der Waals surface area contributed by atoms with Gasteiger partial charge in [-0.05, 0) is 6.92 Å². The van der Waals surface area contributed by atoms with Crippen LogP contribution in [0.5, 0.6) is 0 Å². The summed E-state index contributed by atoms with van der Waals surface area (Å²) in [5.74, 6) is -0.0800. The van der Waals surface area contributed by atoms with Crippen molar-refractivity contribution in [2.45, 2.75) is 19.4 Å². The van der Waals surface area contributed by atoms with Crippen LogP contribution in [-0.2, 0) is 4.79 Å². The number of hydrogen-bond acceptors (Lipinski definition) is 5. The highest BCUT2D eigenvalue weighted by atomic mass is 32.1. The zero-order valence-electron chi connectivity index (χ0n) is 7.10. The molecule has 1 aliphatic heterocycles. The lowest BCUT2D eigenvalue weighted by Crippen LogP contribution is -2.24. The van der Waals surface area contributed by atoms with Crippen LogP contribution in [0.3, 0.4) is 0 Å². The van der Waals surface area contributed by atoms with E-state index in [1.807, 2.05) is 6.92 Å². The van der Waals surface area contributed by atoms with E-state index in [0.717, 1.165) is 5.01 Å². The molecule has 6 heteroatoms. The lowest BCUT2D eigenvalue weighted by Gasteiger charge is -2.09. The van der Waals surface area contributed by atoms with E-state index < -0.39 is 6.10 Å². The van der Waals surface area contributed by atoms with Crippen LogP contribution in [0, 0.1) is 6.92 Å². The van der Waals surface area contributed by atoms with Gasteiger partial charge in [0.15, 0.2) is 0 Å². The maximum Gasteiger partial charge on any atom is 0.231 e. The van der Waals surface area contributed by atoms with Crippen LogP contribution in [0.15, 0.2) is 0 Å². The van der Waals surface area contributed by atoms with Gasteiger partial charge in [0.2, 0.25) is 11.0 Å². The summed E-state index contributed by atoms with van der Waals surface area (Å²) in [7, 11) is 0. The molecule has 70 valence electrons. The van der Waals surface area contributed by atoms with Crippen LogP contribution in [0.2, 0.25) is 0 Å². The highest BCUT2D eigenvalue weighted by Gasteiger charge is 2.30. The summed E-state index contributed by atoms with van der Waals surface area (Å²) in [6.07, 6.45) is -0.366. The van der Waals surface area contributed by atoms with Gasteiger partial charge in [0.05, 0.1) is 19.1 Å². The molecule has 1 aromatic rings. The fraction of sp³-hybridized carbons (Fsp3) is 0.571. The molecule has 1 saturated heterocycles. The molecule has 1 unspecified atom stereocenters. The van der Waals surface area contributed by atoms with E-state index in [9.17, 15) is 9.90 Å². The first-order valence-corrected chi connectivity index (χ1v) is 4.77. The third-order valence-electron chi connectivity index (χ3n) is 1.85. The van der Waals surface area contributed by atoms with Gasteiger partial charge in [-0.25, -0.2) is 0 Å². The number of carbonyl (C=O) groups excluding carboxylic acids is 1. The molecule has 5 nitrogen and oxygen atoms in total. The normalized spacial score (nSPS) is 22.8. The second-order valence-electron chi connectivity index (χ2n) is 2.97. The predicted octanol–water partition coefficient (Wildman–Crippen LogP) is -0.0559. The van der Waals surface area contributed by atoms with Gasteiger partial charge in [-0.3, -0.25) is 9.69 Å². The van der Waals surface area contributed by atoms with Crippen molar-refractivity contribution in [2.75, 3.05) is 11.4 Å². The zero-order valence-corrected chi connectivity index (χ0v) is 7.91. The van der Waals surface area contributed by atoms with E-state index in [0.29, 0.717) is 11.7 Å². The van der Waals surface area contributed by atoms with Gasteiger partial charge in [0.25, 0.3) is 0 Å². The Labute approximate surface area is 79.0 Å². The lowest BCUT2D eigenvalue weighted by atomic mass is 10.3. The van der Waals surface area contributed by atoms with Crippen molar-refractivity contribution < 1.29 is 9.90 Å². The minimum Gasteiger partial charge on any atom is -0.391 e. The number of aliphatic hydroxyl groups is 1. The molecule has 1 aromatic heterocycles. The van der Waals surface area contributed by atoms with Gasteiger partial charge in [-0.1, -0.05) is 11.3 Å². The first-order chi connectivity index (χ1) is 6.16. The topological polar surface area (TPSA) is 66.3 Å². The number of aromatic nitrogens is 2. The Hall–Kier alpha value is -1.01. The van der Waals surface area contributed by atoms with Crippen LogP contribution < -0.4 is 4.90 Å². The van der Waals surface area contributed by atoms with Crippen molar-refractivity contribution in [3.63, 3.8) is 0 Å². The molecule has 1 N–H and O–H groups in total. The third kappa shape index (κ3) is 1.54. The van der Waals surface area contributed by atoms with Crippen LogP contribution in [0.25, 0.3) is 0 Å². The summed E-state index contributed by atoms with van der Waals surface area (Å²) >= 11 is 1.36. The largest absolute Gasteiger partial charge is 0.391 e. The molecule has 1 amide bonds. The molecule has 0 radical (unpaired) electrons. The number of β-amino-alcohol motifs (C(OH)–C–C–N with tert-alkyl or cyclic N) is 1. The Kier molecular flexibility index (Phi) is 2.01. The van der Waals surface area contributed by atoms with Crippen molar-refractivity contribution in [3.05, 3.63) is 5.01 Å². The van der Waals surface area contributed by atoms with Crippen LogP contribution >= 0.6 is 11.3 Å². The van der Waals surface area contributed by atoms with E-state index in [-0.39, 0.29) is 12.3 Å². The summed E-state index contributed by atoms with van der Waals surface area (Å²) in [5, 5.41) is 18.3. The fourth-order valence-corrected chi connectivity index (χ4v) is 1.98. The Morgan fingerprint density at radius 3 is 2.85 bits per heavy atom. The van der Waals surface area contributed by atoms with Gasteiger partial charge >= 0.3 is 0 Å². The van der Waals surface area contributed by atoms with Gasteiger partial charge in [0, 0.05) is 0 Å². The number of aliphatic hydroxyl groups excluding tert-OH is 1. The number of carbonyl (C=O) groups is 1. The number of anilines is 1. The molecule has 13 heavy (non-hydrogen) atoms. The molecule has 0 aromatic carbocycles. The van der Waals surface area contributed by atoms with Gasteiger partial charge < -0.3 is 5.11 Å². The lowest BCUT2D eigenvalue weighted by molar-refractivity contribution is -0.117. The number of nitrogens with zero attached hydrogens (tertiary/aromatic N) is 3. The minimum atomic E-state index is -0.559. The molecule has 1 atom stereocenters.